The molecule has 0 aromatic heterocycles. The Kier molecular flexibility index (Phi) is 5.41. The first kappa shape index (κ1) is 16.3. The Bertz CT molecular complexity index is 646. The van der Waals surface area contributed by atoms with E-state index in [1.54, 1.807) is 18.2 Å². The van der Waals surface area contributed by atoms with Crippen LogP contribution in [0.25, 0.3) is 0 Å². The van der Waals surface area contributed by atoms with Gasteiger partial charge in [-0.2, -0.15) is 0 Å². The Balaban J connectivity index is 1.97. The van der Waals surface area contributed by atoms with Gasteiger partial charge in [-0.1, -0.05) is 41.9 Å². The van der Waals surface area contributed by atoms with Gasteiger partial charge in [0.1, 0.15) is 0 Å². The van der Waals surface area contributed by atoms with Crippen molar-refractivity contribution >= 4 is 28.9 Å². The number of nitrogen functional groups attached to an aromatic ring is 1. The molecule has 2 aromatic carbocycles. The molecule has 0 heterocycles. The lowest BCUT2D eigenvalue weighted by Crippen LogP contribution is -2.39. The second-order valence-electron chi connectivity index (χ2n) is 5.30. The molecule has 4 nitrogen and oxygen atoms in total. The largest absolute Gasteiger partial charge is 0.397 e. The summed E-state index contributed by atoms with van der Waals surface area (Å²) < 4.78 is 0. The first-order valence-electron chi connectivity index (χ1n) is 7.07. The van der Waals surface area contributed by atoms with Crippen LogP contribution in [0.5, 0.6) is 0 Å². The van der Waals surface area contributed by atoms with Crippen LogP contribution in [0.3, 0.4) is 0 Å². The Morgan fingerprint density at radius 1 is 1.27 bits per heavy atom. The first-order chi connectivity index (χ1) is 10.5. The summed E-state index contributed by atoms with van der Waals surface area (Å²) in [5, 5.41) is 3.34. The molecule has 0 spiro atoms. The third-order valence-electron chi connectivity index (χ3n) is 3.58. The molecule has 0 aliphatic heterocycles. The van der Waals surface area contributed by atoms with Gasteiger partial charge in [0.2, 0.25) is 5.91 Å². The summed E-state index contributed by atoms with van der Waals surface area (Å²) in [6, 6.07) is 14.8. The predicted molar refractivity (Wildman–Crippen MR) is 91.9 cm³/mol. The summed E-state index contributed by atoms with van der Waals surface area (Å²) in [6.45, 7) is 2.58. The van der Waals surface area contributed by atoms with Crippen molar-refractivity contribution in [1.82, 2.24) is 4.90 Å². The van der Waals surface area contributed by atoms with Crippen molar-refractivity contribution in [3.63, 3.8) is 0 Å². The number of halogens is 1. The average molecular weight is 318 g/mol. The molecule has 0 aliphatic rings. The minimum absolute atomic E-state index is 0.0832. The van der Waals surface area contributed by atoms with Gasteiger partial charge in [0.15, 0.2) is 0 Å². The van der Waals surface area contributed by atoms with E-state index in [4.69, 9.17) is 17.3 Å². The standard InChI is InChI=1S/C17H20ClN3O/c1-12(21(2)11-13-6-4-3-5-7-13)17(22)20-14-8-9-15(18)16(19)10-14/h3-10,12H,11,19H2,1-2H3,(H,20,22). The number of hydrogen-bond acceptors (Lipinski definition) is 3. The van der Waals surface area contributed by atoms with Crippen molar-refractivity contribution in [2.24, 2.45) is 0 Å². The molecule has 0 saturated carbocycles. The van der Waals surface area contributed by atoms with E-state index in [-0.39, 0.29) is 11.9 Å². The van der Waals surface area contributed by atoms with Crippen molar-refractivity contribution < 1.29 is 4.79 Å². The van der Waals surface area contributed by atoms with E-state index >= 15 is 0 Å². The smallest absolute Gasteiger partial charge is 0.241 e. The molecular weight excluding hydrogens is 298 g/mol. The van der Waals surface area contributed by atoms with Gasteiger partial charge in [-0.3, -0.25) is 9.69 Å². The maximum atomic E-state index is 12.3. The monoisotopic (exact) mass is 317 g/mol. The van der Waals surface area contributed by atoms with Gasteiger partial charge in [0.05, 0.1) is 16.8 Å². The highest BCUT2D eigenvalue weighted by Crippen LogP contribution is 2.22. The highest BCUT2D eigenvalue weighted by molar-refractivity contribution is 6.33. The number of nitrogens with one attached hydrogen (secondary N) is 1. The molecule has 3 N–H and O–H groups in total. The summed E-state index contributed by atoms with van der Waals surface area (Å²) in [6.07, 6.45) is 0. The molecule has 1 atom stereocenters. The van der Waals surface area contributed by atoms with Gasteiger partial charge in [0.25, 0.3) is 0 Å². The van der Waals surface area contributed by atoms with Gasteiger partial charge in [-0.05, 0) is 37.7 Å². The molecular formula is C17H20ClN3O. The molecule has 0 saturated heterocycles. The van der Waals surface area contributed by atoms with E-state index in [0.717, 1.165) is 0 Å². The Hall–Kier alpha value is -2.04. The van der Waals surface area contributed by atoms with Gasteiger partial charge in [0, 0.05) is 12.2 Å². The maximum absolute atomic E-state index is 12.3. The van der Waals surface area contributed by atoms with Crippen molar-refractivity contribution in [3.05, 3.63) is 59.1 Å². The minimum Gasteiger partial charge on any atom is -0.397 e. The SMILES string of the molecule is CC(C(=O)Nc1ccc(Cl)c(N)c1)N(C)Cc1ccccc1. The Labute approximate surface area is 135 Å². The number of carbonyl (C=O) groups is 1. The van der Waals surface area contributed by atoms with Crippen LogP contribution >= 0.6 is 11.6 Å². The van der Waals surface area contributed by atoms with E-state index in [9.17, 15) is 4.79 Å². The summed E-state index contributed by atoms with van der Waals surface area (Å²) in [4.78, 5) is 14.3. The van der Waals surface area contributed by atoms with Crippen molar-refractivity contribution in [1.29, 1.82) is 0 Å². The molecule has 22 heavy (non-hydrogen) atoms. The van der Waals surface area contributed by atoms with Crippen LogP contribution in [0, 0.1) is 0 Å². The van der Waals surface area contributed by atoms with Gasteiger partial charge in [-0.25, -0.2) is 0 Å². The number of likely N-dealkylation sites (N-methyl/N-ethyl adjacent to an activating group) is 1. The molecule has 116 valence electrons. The van der Waals surface area contributed by atoms with Crippen LogP contribution in [0.1, 0.15) is 12.5 Å². The molecule has 1 amide bonds. The fourth-order valence-corrected chi connectivity index (χ4v) is 2.19. The second kappa shape index (κ2) is 7.29. The number of carbonyl (C=O) groups excluding carboxylic acids is 1. The van der Waals surface area contributed by atoms with Gasteiger partial charge in [-0.15, -0.1) is 0 Å². The molecule has 0 radical (unpaired) electrons. The summed E-state index contributed by atoms with van der Waals surface area (Å²) in [5.74, 6) is -0.0832. The zero-order valence-electron chi connectivity index (χ0n) is 12.7. The first-order valence-corrected chi connectivity index (χ1v) is 7.45. The fourth-order valence-electron chi connectivity index (χ4n) is 2.08. The average Bonchev–Trinajstić information content (AvgIpc) is 2.51. The van der Waals surface area contributed by atoms with Crippen LogP contribution in [0.15, 0.2) is 48.5 Å². The number of nitrogens with two attached hydrogens (primary N) is 1. The molecule has 1 unspecified atom stereocenters. The van der Waals surface area contributed by atoms with Crippen molar-refractivity contribution in [3.8, 4) is 0 Å². The van der Waals surface area contributed by atoms with Crippen molar-refractivity contribution in [2.75, 3.05) is 18.1 Å². The highest BCUT2D eigenvalue weighted by Gasteiger charge is 2.18. The summed E-state index contributed by atoms with van der Waals surface area (Å²) in [5.41, 5.74) is 8.00. The molecule has 5 heteroatoms. The molecule has 0 fully saturated rings. The maximum Gasteiger partial charge on any atom is 0.241 e. The third-order valence-corrected chi connectivity index (χ3v) is 3.92. The number of nitrogens with zero attached hydrogens (tertiary/aromatic N) is 1. The quantitative estimate of drug-likeness (QED) is 0.831. The van der Waals surface area contributed by atoms with E-state index in [1.807, 2.05) is 49.2 Å². The second-order valence-corrected chi connectivity index (χ2v) is 5.71. The fraction of sp³-hybridized carbons (Fsp3) is 0.235. The summed E-state index contributed by atoms with van der Waals surface area (Å²) >= 11 is 5.87. The predicted octanol–water partition coefficient (Wildman–Crippen LogP) is 3.38. The van der Waals surface area contributed by atoms with Crippen LogP contribution in [0.2, 0.25) is 5.02 Å². The van der Waals surface area contributed by atoms with Crippen molar-refractivity contribution in [2.45, 2.75) is 19.5 Å². The number of benzene rings is 2. The normalized spacial score (nSPS) is 12.2. The van der Waals surface area contributed by atoms with Crippen LogP contribution < -0.4 is 11.1 Å². The number of anilines is 2. The summed E-state index contributed by atoms with van der Waals surface area (Å²) in [7, 11) is 1.92. The van der Waals surface area contributed by atoms with E-state index < -0.39 is 0 Å². The van der Waals surface area contributed by atoms with E-state index in [1.165, 1.54) is 5.56 Å². The van der Waals surface area contributed by atoms with Gasteiger partial charge < -0.3 is 11.1 Å². The number of hydrogen-bond donors (Lipinski definition) is 2. The zero-order valence-corrected chi connectivity index (χ0v) is 13.5. The minimum atomic E-state index is -0.267. The molecule has 2 rings (SSSR count). The molecule has 0 aliphatic carbocycles. The van der Waals surface area contributed by atoms with Crippen LogP contribution in [0.4, 0.5) is 11.4 Å². The highest BCUT2D eigenvalue weighted by atomic mass is 35.5. The van der Waals surface area contributed by atoms with Crippen LogP contribution in [-0.2, 0) is 11.3 Å². The lowest BCUT2D eigenvalue weighted by atomic mass is 10.2. The molecule has 2 aromatic rings. The lowest BCUT2D eigenvalue weighted by molar-refractivity contribution is -0.120. The van der Waals surface area contributed by atoms with E-state index in [2.05, 4.69) is 5.32 Å². The topological polar surface area (TPSA) is 58.4 Å². The van der Waals surface area contributed by atoms with Gasteiger partial charge >= 0.3 is 0 Å². The number of amides is 1. The lowest BCUT2D eigenvalue weighted by Gasteiger charge is -2.24. The zero-order chi connectivity index (χ0) is 16.1. The third kappa shape index (κ3) is 4.23. The molecule has 0 bridgehead atoms. The van der Waals surface area contributed by atoms with Crippen LogP contribution in [-0.4, -0.2) is 23.9 Å². The number of rotatable bonds is 5. The Morgan fingerprint density at radius 2 is 1.95 bits per heavy atom. The Morgan fingerprint density at radius 3 is 2.59 bits per heavy atom. The van der Waals surface area contributed by atoms with E-state index in [0.29, 0.717) is 22.9 Å².